The van der Waals surface area contributed by atoms with Gasteiger partial charge in [-0.25, -0.2) is 0 Å². The molecule has 5 nitrogen and oxygen atoms in total. The molecule has 0 unspecified atom stereocenters. The van der Waals surface area contributed by atoms with Crippen LogP contribution in [-0.2, 0) is 0 Å². The second kappa shape index (κ2) is 5.93. The van der Waals surface area contributed by atoms with E-state index in [4.69, 9.17) is 14.7 Å². The van der Waals surface area contributed by atoms with Crippen LogP contribution in [0.15, 0.2) is 16.6 Å². The summed E-state index contributed by atoms with van der Waals surface area (Å²) in [5.41, 5.74) is 0.480. The van der Waals surface area contributed by atoms with Crippen LogP contribution < -0.4 is 9.47 Å². The van der Waals surface area contributed by atoms with Crippen molar-refractivity contribution in [3.05, 3.63) is 22.2 Å². The predicted molar refractivity (Wildman–Crippen MR) is 72.3 cm³/mol. The van der Waals surface area contributed by atoms with E-state index in [1.807, 2.05) is 13.0 Å². The Labute approximate surface area is 119 Å². The number of halogens is 1. The lowest BCUT2D eigenvalue weighted by molar-refractivity contribution is 0.0783. The van der Waals surface area contributed by atoms with E-state index in [-0.39, 0.29) is 12.5 Å². The molecule has 0 aromatic heterocycles. The van der Waals surface area contributed by atoms with Crippen LogP contribution in [0.4, 0.5) is 0 Å². The molecule has 1 aromatic rings. The Balaban J connectivity index is 2.33. The van der Waals surface area contributed by atoms with Crippen LogP contribution in [0.25, 0.3) is 0 Å². The Kier molecular flexibility index (Phi) is 4.27. The van der Waals surface area contributed by atoms with Gasteiger partial charge in [0.15, 0.2) is 11.5 Å². The van der Waals surface area contributed by atoms with E-state index in [0.717, 1.165) is 0 Å². The van der Waals surface area contributed by atoms with Crippen LogP contribution in [0, 0.1) is 11.3 Å². The maximum absolute atomic E-state index is 12.3. The fourth-order valence-electron chi connectivity index (χ4n) is 1.83. The molecule has 0 aliphatic carbocycles. The van der Waals surface area contributed by atoms with Crippen LogP contribution in [0.1, 0.15) is 17.3 Å². The zero-order valence-electron chi connectivity index (χ0n) is 10.5. The van der Waals surface area contributed by atoms with Gasteiger partial charge in [-0.15, -0.1) is 0 Å². The van der Waals surface area contributed by atoms with Gasteiger partial charge in [0, 0.05) is 12.1 Å². The average Bonchev–Trinajstić information content (AvgIpc) is 2.44. The maximum Gasteiger partial charge on any atom is 0.254 e. The van der Waals surface area contributed by atoms with Crippen molar-refractivity contribution < 1.29 is 14.3 Å². The number of fused-ring (bicyclic) bond motifs is 1. The molecule has 1 amide bonds. The van der Waals surface area contributed by atoms with E-state index in [1.54, 1.807) is 12.1 Å². The molecule has 0 saturated carbocycles. The van der Waals surface area contributed by atoms with Gasteiger partial charge < -0.3 is 14.4 Å². The van der Waals surface area contributed by atoms with Crippen molar-refractivity contribution in [2.45, 2.75) is 6.92 Å². The number of hydrogen-bond acceptors (Lipinski definition) is 4. The summed E-state index contributed by atoms with van der Waals surface area (Å²) in [6.45, 7) is 3.35. The fraction of sp³-hybridized carbons (Fsp3) is 0.385. The normalized spacial score (nSPS) is 12.7. The first-order valence-corrected chi connectivity index (χ1v) is 6.72. The molecule has 1 heterocycles. The summed E-state index contributed by atoms with van der Waals surface area (Å²) < 4.78 is 11.6. The van der Waals surface area contributed by atoms with Crippen LogP contribution in [0.2, 0.25) is 0 Å². The van der Waals surface area contributed by atoms with Crippen molar-refractivity contribution in [3.63, 3.8) is 0 Å². The van der Waals surface area contributed by atoms with Crippen molar-refractivity contribution in [3.8, 4) is 17.6 Å². The van der Waals surface area contributed by atoms with Gasteiger partial charge in [0.25, 0.3) is 5.91 Å². The molecule has 0 saturated heterocycles. The molecule has 2 rings (SSSR count). The number of rotatable bonds is 3. The van der Waals surface area contributed by atoms with Crippen molar-refractivity contribution in [2.75, 3.05) is 26.3 Å². The van der Waals surface area contributed by atoms with Crippen LogP contribution in [-0.4, -0.2) is 37.1 Å². The molecule has 0 N–H and O–H groups in total. The highest BCUT2D eigenvalue weighted by molar-refractivity contribution is 9.10. The predicted octanol–water partition coefficient (Wildman–Crippen LogP) is 2.21. The highest BCUT2D eigenvalue weighted by Gasteiger charge is 2.21. The molecule has 0 fully saturated rings. The average molecular weight is 325 g/mol. The van der Waals surface area contributed by atoms with Gasteiger partial charge in [0.05, 0.1) is 10.5 Å². The van der Waals surface area contributed by atoms with Gasteiger partial charge in [-0.2, -0.15) is 5.26 Å². The van der Waals surface area contributed by atoms with E-state index in [2.05, 4.69) is 15.9 Å². The zero-order valence-corrected chi connectivity index (χ0v) is 12.1. The molecule has 0 spiro atoms. The molecular formula is C13H13BrN2O3. The second-order valence-corrected chi connectivity index (χ2v) is 4.81. The third-order valence-electron chi connectivity index (χ3n) is 2.77. The first-order chi connectivity index (χ1) is 9.17. The lowest BCUT2D eigenvalue weighted by Gasteiger charge is -2.22. The highest BCUT2D eigenvalue weighted by Crippen LogP contribution is 2.38. The summed E-state index contributed by atoms with van der Waals surface area (Å²) in [4.78, 5) is 13.7. The number of ether oxygens (including phenoxy) is 2. The molecule has 1 aromatic carbocycles. The summed E-state index contributed by atoms with van der Waals surface area (Å²) >= 11 is 3.37. The number of nitriles is 1. The minimum Gasteiger partial charge on any atom is -0.486 e. The molecule has 100 valence electrons. The van der Waals surface area contributed by atoms with Gasteiger partial charge >= 0.3 is 0 Å². The van der Waals surface area contributed by atoms with Crippen LogP contribution in [0.5, 0.6) is 11.5 Å². The summed E-state index contributed by atoms with van der Waals surface area (Å²) in [5, 5.41) is 8.71. The number of carbonyl (C=O) groups excluding carboxylic acids is 1. The molecular weight excluding hydrogens is 312 g/mol. The lowest BCUT2D eigenvalue weighted by Crippen LogP contribution is -2.31. The van der Waals surface area contributed by atoms with E-state index >= 15 is 0 Å². The van der Waals surface area contributed by atoms with E-state index in [9.17, 15) is 4.79 Å². The Morgan fingerprint density at radius 2 is 2.21 bits per heavy atom. The fourth-order valence-corrected chi connectivity index (χ4v) is 2.39. The first kappa shape index (κ1) is 13.7. The Morgan fingerprint density at radius 3 is 2.89 bits per heavy atom. The zero-order chi connectivity index (χ0) is 13.8. The Hall–Kier alpha value is -1.74. The molecule has 1 aliphatic heterocycles. The lowest BCUT2D eigenvalue weighted by atomic mass is 10.1. The van der Waals surface area contributed by atoms with Gasteiger partial charge in [-0.05, 0) is 35.0 Å². The molecule has 0 radical (unpaired) electrons. The van der Waals surface area contributed by atoms with Crippen molar-refractivity contribution in [2.24, 2.45) is 0 Å². The van der Waals surface area contributed by atoms with Crippen LogP contribution in [0.3, 0.4) is 0 Å². The largest absolute Gasteiger partial charge is 0.486 e. The van der Waals surface area contributed by atoms with Gasteiger partial charge in [-0.3, -0.25) is 4.79 Å². The number of carbonyl (C=O) groups is 1. The first-order valence-electron chi connectivity index (χ1n) is 5.92. The smallest absolute Gasteiger partial charge is 0.254 e. The third-order valence-corrected chi connectivity index (χ3v) is 3.36. The summed E-state index contributed by atoms with van der Waals surface area (Å²) in [6, 6.07) is 5.33. The van der Waals surface area contributed by atoms with Gasteiger partial charge in [-0.1, -0.05) is 0 Å². The molecule has 19 heavy (non-hydrogen) atoms. The van der Waals surface area contributed by atoms with Crippen LogP contribution >= 0.6 is 15.9 Å². The third kappa shape index (κ3) is 2.82. The minimum absolute atomic E-state index is 0.0708. The van der Waals surface area contributed by atoms with Crippen molar-refractivity contribution in [1.82, 2.24) is 4.90 Å². The van der Waals surface area contributed by atoms with E-state index < -0.39 is 0 Å². The number of benzene rings is 1. The van der Waals surface area contributed by atoms with Crippen molar-refractivity contribution in [1.29, 1.82) is 5.26 Å². The Morgan fingerprint density at radius 1 is 1.47 bits per heavy atom. The topological polar surface area (TPSA) is 62.6 Å². The molecule has 1 aliphatic rings. The second-order valence-electron chi connectivity index (χ2n) is 3.96. The summed E-state index contributed by atoms with van der Waals surface area (Å²) in [5.74, 6) is 0.977. The van der Waals surface area contributed by atoms with Crippen molar-refractivity contribution >= 4 is 21.8 Å². The monoisotopic (exact) mass is 324 g/mol. The van der Waals surface area contributed by atoms with Gasteiger partial charge in [0.1, 0.15) is 19.8 Å². The minimum atomic E-state index is -0.193. The maximum atomic E-state index is 12.3. The standard InChI is InChI=1S/C13H13BrN2O3/c1-2-16(4-3-15)13(17)9-7-10(14)12-11(8-9)18-5-6-19-12/h7-8H,2,4-6H2,1H3. The number of hydrogen-bond donors (Lipinski definition) is 0. The quantitative estimate of drug-likeness (QED) is 0.800. The van der Waals surface area contributed by atoms with E-state index in [1.165, 1.54) is 4.90 Å². The number of nitrogens with zero attached hydrogens (tertiary/aromatic N) is 2. The Bertz CT molecular complexity index is 539. The highest BCUT2D eigenvalue weighted by atomic mass is 79.9. The molecule has 0 bridgehead atoms. The SMILES string of the molecule is CCN(CC#N)C(=O)c1cc(Br)c2c(c1)OCCO2. The van der Waals surface area contributed by atoms with Gasteiger partial charge in [0.2, 0.25) is 0 Å². The van der Waals surface area contributed by atoms with E-state index in [0.29, 0.717) is 41.3 Å². The molecule has 0 atom stereocenters. The number of amides is 1. The summed E-state index contributed by atoms with van der Waals surface area (Å²) in [6.07, 6.45) is 0. The summed E-state index contributed by atoms with van der Waals surface area (Å²) in [7, 11) is 0. The molecule has 6 heteroatoms.